The van der Waals surface area contributed by atoms with Crippen LogP contribution in [0.1, 0.15) is 41.8 Å². The molecule has 1 aliphatic rings. The van der Waals surface area contributed by atoms with Crippen LogP contribution in [0.5, 0.6) is 0 Å². The van der Waals surface area contributed by atoms with Crippen molar-refractivity contribution in [1.82, 2.24) is 10.2 Å². The van der Waals surface area contributed by atoms with E-state index in [4.69, 9.17) is 0 Å². The molecule has 0 aromatic heterocycles. The summed E-state index contributed by atoms with van der Waals surface area (Å²) in [4.78, 5) is 39.0. The summed E-state index contributed by atoms with van der Waals surface area (Å²) in [5.74, 6) is -0.633. The fourth-order valence-corrected chi connectivity index (χ4v) is 3.29. The lowest BCUT2D eigenvalue weighted by Gasteiger charge is -2.25. The Labute approximate surface area is 153 Å². The molecule has 1 N–H and O–H groups in total. The van der Waals surface area contributed by atoms with Gasteiger partial charge in [0.05, 0.1) is 6.54 Å². The Morgan fingerprint density at radius 1 is 1.00 bits per heavy atom. The van der Waals surface area contributed by atoms with Crippen molar-refractivity contribution in [3.8, 4) is 0 Å². The zero-order valence-electron chi connectivity index (χ0n) is 15.0. The molecule has 0 spiro atoms. The highest BCUT2D eigenvalue weighted by atomic mass is 16.2. The molecule has 2 aromatic rings. The number of hydrogen-bond donors (Lipinski definition) is 1. The zero-order chi connectivity index (χ0) is 18.7. The third-order valence-electron chi connectivity index (χ3n) is 4.96. The number of carbonyl (C=O) groups excluding carboxylic acids is 3. The maximum absolute atomic E-state index is 13.0. The van der Waals surface area contributed by atoms with Crippen molar-refractivity contribution in [3.05, 3.63) is 71.3 Å². The second-order valence-corrected chi connectivity index (χ2v) is 6.42. The van der Waals surface area contributed by atoms with Crippen LogP contribution in [0, 0.1) is 0 Å². The van der Waals surface area contributed by atoms with E-state index in [0.29, 0.717) is 12.0 Å². The number of hydrogen-bond acceptors (Lipinski definition) is 3. The SMILES string of the molecule is CCc1ccc(C(=O)CN2C(=O)NC(CC)(c3ccccc3)C2=O)cc1. The van der Waals surface area contributed by atoms with Gasteiger partial charge in [-0.25, -0.2) is 4.79 Å². The molecule has 0 radical (unpaired) electrons. The van der Waals surface area contributed by atoms with Crippen molar-refractivity contribution in [1.29, 1.82) is 0 Å². The topological polar surface area (TPSA) is 66.5 Å². The van der Waals surface area contributed by atoms with Gasteiger partial charge in [-0.1, -0.05) is 68.4 Å². The van der Waals surface area contributed by atoms with Gasteiger partial charge < -0.3 is 5.32 Å². The summed E-state index contributed by atoms with van der Waals surface area (Å²) < 4.78 is 0. The maximum atomic E-state index is 13.0. The molecule has 26 heavy (non-hydrogen) atoms. The molecule has 1 aliphatic heterocycles. The van der Waals surface area contributed by atoms with Crippen LogP contribution in [-0.2, 0) is 16.8 Å². The van der Waals surface area contributed by atoms with E-state index in [1.54, 1.807) is 12.1 Å². The third kappa shape index (κ3) is 3.01. The quantitative estimate of drug-likeness (QED) is 0.642. The van der Waals surface area contributed by atoms with Gasteiger partial charge in [0.25, 0.3) is 5.91 Å². The summed E-state index contributed by atoms with van der Waals surface area (Å²) >= 11 is 0. The molecule has 5 heteroatoms. The molecule has 134 valence electrons. The summed E-state index contributed by atoms with van der Waals surface area (Å²) in [6.07, 6.45) is 1.30. The van der Waals surface area contributed by atoms with Crippen LogP contribution in [0.15, 0.2) is 54.6 Å². The first-order chi connectivity index (χ1) is 12.5. The molecule has 1 atom stereocenters. The number of rotatable bonds is 6. The summed E-state index contributed by atoms with van der Waals surface area (Å²) in [6, 6.07) is 15.9. The van der Waals surface area contributed by atoms with E-state index in [-0.39, 0.29) is 18.2 Å². The number of benzene rings is 2. The van der Waals surface area contributed by atoms with Gasteiger partial charge in [-0.3, -0.25) is 14.5 Å². The van der Waals surface area contributed by atoms with E-state index in [0.717, 1.165) is 22.4 Å². The van der Waals surface area contributed by atoms with E-state index in [1.807, 2.05) is 56.3 Å². The fraction of sp³-hybridized carbons (Fsp3) is 0.286. The molecular formula is C21H22N2O3. The summed E-state index contributed by atoms with van der Waals surface area (Å²) in [6.45, 7) is 3.63. The number of urea groups is 1. The highest BCUT2D eigenvalue weighted by Gasteiger charge is 2.51. The summed E-state index contributed by atoms with van der Waals surface area (Å²) in [5, 5.41) is 2.79. The highest BCUT2D eigenvalue weighted by Crippen LogP contribution is 2.32. The highest BCUT2D eigenvalue weighted by molar-refractivity contribution is 6.11. The van der Waals surface area contributed by atoms with Crippen molar-refractivity contribution in [3.63, 3.8) is 0 Å². The van der Waals surface area contributed by atoms with Gasteiger partial charge in [0.15, 0.2) is 5.78 Å². The fourth-order valence-electron chi connectivity index (χ4n) is 3.29. The van der Waals surface area contributed by atoms with Crippen molar-refractivity contribution >= 4 is 17.7 Å². The van der Waals surface area contributed by atoms with Gasteiger partial charge >= 0.3 is 6.03 Å². The lowest BCUT2D eigenvalue weighted by atomic mass is 9.87. The van der Waals surface area contributed by atoms with Crippen LogP contribution in [-0.4, -0.2) is 29.2 Å². The number of carbonyl (C=O) groups is 3. The summed E-state index contributed by atoms with van der Waals surface area (Å²) in [7, 11) is 0. The standard InChI is InChI=1S/C21H22N2O3/c1-3-15-10-12-16(13-11-15)18(24)14-23-19(25)21(4-2,22-20(23)26)17-8-6-5-7-9-17/h5-13H,3-4,14H2,1-2H3,(H,22,26). The van der Waals surface area contributed by atoms with E-state index in [2.05, 4.69) is 5.32 Å². The van der Waals surface area contributed by atoms with Crippen molar-refractivity contribution < 1.29 is 14.4 Å². The molecule has 1 fully saturated rings. The Morgan fingerprint density at radius 2 is 1.65 bits per heavy atom. The molecular weight excluding hydrogens is 328 g/mol. The number of imide groups is 1. The van der Waals surface area contributed by atoms with Crippen LogP contribution in [0.25, 0.3) is 0 Å². The van der Waals surface area contributed by atoms with E-state index in [1.165, 1.54) is 0 Å². The van der Waals surface area contributed by atoms with Gasteiger partial charge in [-0.15, -0.1) is 0 Å². The minimum Gasteiger partial charge on any atom is -0.319 e. The average Bonchev–Trinajstić information content (AvgIpc) is 2.93. The first kappa shape index (κ1) is 17.9. The monoisotopic (exact) mass is 350 g/mol. The largest absolute Gasteiger partial charge is 0.325 e. The van der Waals surface area contributed by atoms with Crippen molar-refractivity contribution in [2.45, 2.75) is 32.2 Å². The number of aryl methyl sites for hydroxylation is 1. The third-order valence-corrected chi connectivity index (χ3v) is 4.96. The second-order valence-electron chi connectivity index (χ2n) is 6.42. The van der Waals surface area contributed by atoms with E-state index >= 15 is 0 Å². The predicted molar refractivity (Wildman–Crippen MR) is 98.8 cm³/mol. The molecule has 3 rings (SSSR count). The van der Waals surface area contributed by atoms with Crippen LogP contribution >= 0.6 is 0 Å². The first-order valence-electron chi connectivity index (χ1n) is 8.83. The molecule has 3 amide bonds. The lowest BCUT2D eigenvalue weighted by molar-refractivity contribution is -0.131. The lowest BCUT2D eigenvalue weighted by Crippen LogP contribution is -2.43. The van der Waals surface area contributed by atoms with E-state index < -0.39 is 11.6 Å². The summed E-state index contributed by atoms with van der Waals surface area (Å²) in [5.41, 5.74) is 1.25. The van der Waals surface area contributed by atoms with Crippen LogP contribution < -0.4 is 5.32 Å². The molecule has 2 aromatic carbocycles. The average molecular weight is 350 g/mol. The zero-order valence-corrected chi connectivity index (χ0v) is 15.0. The van der Waals surface area contributed by atoms with Crippen molar-refractivity contribution in [2.75, 3.05) is 6.54 Å². The smallest absolute Gasteiger partial charge is 0.319 e. The number of nitrogens with zero attached hydrogens (tertiary/aromatic N) is 1. The Kier molecular flexibility index (Phi) is 4.89. The Morgan fingerprint density at radius 3 is 2.23 bits per heavy atom. The molecule has 5 nitrogen and oxygen atoms in total. The van der Waals surface area contributed by atoms with Gasteiger partial charge in [-0.2, -0.15) is 0 Å². The van der Waals surface area contributed by atoms with Gasteiger partial charge in [0.1, 0.15) is 5.54 Å². The maximum Gasteiger partial charge on any atom is 0.325 e. The second kappa shape index (κ2) is 7.12. The van der Waals surface area contributed by atoms with Gasteiger partial charge in [-0.05, 0) is 24.0 Å². The predicted octanol–water partition coefficient (Wildman–Crippen LogP) is 3.29. The Hall–Kier alpha value is -2.95. The van der Waals surface area contributed by atoms with E-state index in [9.17, 15) is 14.4 Å². The van der Waals surface area contributed by atoms with Gasteiger partial charge in [0.2, 0.25) is 0 Å². The van der Waals surface area contributed by atoms with Gasteiger partial charge in [0, 0.05) is 5.56 Å². The van der Waals surface area contributed by atoms with Crippen molar-refractivity contribution in [2.24, 2.45) is 0 Å². The Bertz CT molecular complexity index is 830. The van der Waals surface area contributed by atoms with Crippen LogP contribution in [0.3, 0.4) is 0 Å². The molecule has 1 unspecified atom stereocenters. The molecule has 0 aliphatic carbocycles. The molecule has 1 saturated heterocycles. The normalized spacial score (nSPS) is 19.5. The minimum absolute atomic E-state index is 0.254. The Balaban J connectivity index is 1.83. The molecule has 0 saturated carbocycles. The number of nitrogens with one attached hydrogen (secondary N) is 1. The van der Waals surface area contributed by atoms with Crippen LogP contribution in [0.2, 0.25) is 0 Å². The number of amides is 3. The first-order valence-corrected chi connectivity index (χ1v) is 8.83. The number of Topliss-reactive ketones (excluding diaryl/α,β-unsaturated/α-hetero) is 1. The number of ketones is 1. The molecule has 1 heterocycles. The minimum atomic E-state index is -1.11. The van der Waals surface area contributed by atoms with Crippen LogP contribution in [0.4, 0.5) is 4.79 Å². The molecule has 0 bridgehead atoms.